The van der Waals surface area contributed by atoms with Crippen molar-refractivity contribution in [1.29, 1.82) is 0 Å². The second-order valence-electron chi connectivity index (χ2n) is 4.26. The van der Waals surface area contributed by atoms with Crippen LogP contribution in [0.5, 0.6) is 0 Å². The summed E-state index contributed by atoms with van der Waals surface area (Å²) >= 11 is 0. The third-order valence-electron chi connectivity index (χ3n) is 2.54. The third-order valence-corrected chi connectivity index (χ3v) is 5.01. The van der Waals surface area contributed by atoms with E-state index in [1.54, 1.807) is 21.6 Å². The SMILES string of the molecule is OCCCC(O)CCSSCCC(O)CCCO. The average molecular weight is 298 g/mol. The Morgan fingerprint density at radius 1 is 0.667 bits per heavy atom. The average Bonchev–Trinajstić information content (AvgIpc) is 2.37. The maximum absolute atomic E-state index is 9.52. The summed E-state index contributed by atoms with van der Waals surface area (Å²) in [5, 5.41) is 36.3. The van der Waals surface area contributed by atoms with Crippen molar-refractivity contribution >= 4 is 21.6 Å². The minimum Gasteiger partial charge on any atom is -0.396 e. The summed E-state index contributed by atoms with van der Waals surface area (Å²) < 4.78 is 0. The van der Waals surface area contributed by atoms with Crippen LogP contribution in [0.3, 0.4) is 0 Å². The molecule has 110 valence electrons. The van der Waals surface area contributed by atoms with E-state index in [0.717, 1.165) is 24.3 Å². The Balaban J connectivity index is 3.19. The molecule has 0 saturated heterocycles. The minimum absolute atomic E-state index is 0.144. The predicted octanol–water partition coefficient (Wildman–Crippen LogP) is 1.41. The van der Waals surface area contributed by atoms with E-state index in [2.05, 4.69) is 0 Å². The summed E-state index contributed by atoms with van der Waals surface area (Å²) in [6.07, 6.45) is 3.56. The zero-order chi connectivity index (χ0) is 13.6. The Labute approximate surface area is 118 Å². The molecule has 0 rings (SSSR count). The van der Waals surface area contributed by atoms with Crippen molar-refractivity contribution in [1.82, 2.24) is 0 Å². The Hall–Kier alpha value is 0.540. The fourth-order valence-electron chi connectivity index (χ4n) is 1.43. The van der Waals surface area contributed by atoms with Crippen LogP contribution in [0.4, 0.5) is 0 Å². The van der Waals surface area contributed by atoms with Gasteiger partial charge in [0.25, 0.3) is 0 Å². The van der Waals surface area contributed by atoms with E-state index < -0.39 is 0 Å². The third kappa shape index (κ3) is 13.0. The zero-order valence-corrected chi connectivity index (χ0v) is 12.5. The molecule has 0 saturated carbocycles. The molecule has 0 aromatic heterocycles. The van der Waals surface area contributed by atoms with Gasteiger partial charge < -0.3 is 20.4 Å². The predicted molar refractivity (Wildman–Crippen MR) is 78.8 cm³/mol. The molecule has 2 unspecified atom stereocenters. The monoisotopic (exact) mass is 298 g/mol. The topological polar surface area (TPSA) is 80.9 Å². The lowest BCUT2D eigenvalue weighted by molar-refractivity contribution is 0.147. The molecule has 0 spiro atoms. The largest absolute Gasteiger partial charge is 0.396 e. The molecule has 0 aliphatic heterocycles. The van der Waals surface area contributed by atoms with Crippen LogP contribution >= 0.6 is 21.6 Å². The first-order valence-electron chi connectivity index (χ1n) is 6.53. The van der Waals surface area contributed by atoms with Crippen molar-refractivity contribution in [2.24, 2.45) is 0 Å². The van der Waals surface area contributed by atoms with E-state index in [9.17, 15) is 10.2 Å². The van der Waals surface area contributed by atoms with Crippen molar-refractivity contribution in [3.63, 3.8) is 0 Å². The van der Waals surface area contributed by atoms with Gasteiger partial charge in [-0.15, -0.1) is 0 Å². The second kappa shape index (κ2) is 14.0. The molecule has 4 nitrogen and oxygen atoms in total. The highest BCUT2D eigenvalue weighted by atomic mass is 33.1. The van der Waals surface area contributed by atoms with Gasteiger partial charge in [-0.1, -0.05) is 21.6 Å². The first kappa shape index (κ1) is 18.5. The molecular formula is C12H26O4S2. The highest BCUT2D eigenvalue weighted by Gasteiger charge is 2.05. The molecule has 0 aromatic carbocycles. The standard InChI is InChI=1S/C12H26O4S2/c13-7-1-3-11(15)5-9-17-18-10-6-12(16)4-2-8-14/h11-16H,1-10H2. The van der Waals surface area contributed by atoms with E-state index in [4.69, 9.17) is 10.2 Å². The molecule has 0 fully saturated rings. The van der Waals surface area contributed by atoms with E-state index in [1.165, 1.54) is 0 Å². The Bertz CT molecular complexity index is 154. The van der Waals surface area contributed by atoms with Gasteiger partial charge in [-0.05, 0) is 38.5 Å². The van der Waals surface area contributed by atoms with Crippen LogP contribution < -0.4 is 0 Å². The van der Waals surface area contributed by atoms with Crippen LogP contribution in [0.2, 0.25) is 0 Å². The number of aliphatic hydroxyl groups excluding tert-OH is 4. The quantitative estimate of drug-likeness (QED) is 0.304. The zero-order valence-electron chi connectivity index (χ0n) is 10.8. The van der Waals surface area contributed by atoms with Crippen molar-refractivity contribution in [3.05, 3.63) is 0 Å². The van der Waals surface area contributed by atoms with Gasteiger partial charge in [0, 0.05) is 24.7 Å². The lowest BCUT2D eigenvalue weighted by Gasteiger charge is -2.10. The highest BCUT2D eigenvalue weighted by Crippen LogP contribution is 2.24. The van der Waals surface area contributed by atoms with E-state index in [0.29, 0.717) is 25.7 Å². The fraction of sp³-hybridized carbons (Fsp3) is 1.00. The van der Waals surface area contributed by atoms with Gasteiger partial charge in [0.05, 0.1) is 12.2 Å². The second-order valence-corrected chi connectivity index (χ2v) is 6.96. The fourth-order valence-corrected chi connectivity index (χ4v) is 3.69. The van der Waals surface area contributed by atoms with Crippen LogP contribution in [0.1, 0.15) is 38.5 Å². The number of hydrogen-bond donors (Lipinski definition) is 4. The van der Waals surface area contributed by atoms with Gasteiger partial charge in [0.2, 0.25) is 0 Å². The van der Waals surface area contributed by atoms with E-state index >= 15 is 0 Å². The maximum Gasteiger partial charge on any atom is 0.0549 e. The molecule has 0 bridgehead atoms. The molecule has 6 heteroatoms. The smallest absolute Gasteiger partial charge is 0.0549 e. The summed E-state index contributed by atoms with van der Waals surface area (Å²) in [5.74, 6) is 1.79. The molecule has 0 heterocycles. The Morgan fingerprint density at radius 3 is 1.39 bits per heavy atom. The summed E-state index contributed by atoms with van der Waals surface area (Å²) in [4.78, 5) is 0. The van der Waals surface area contributed by atoms with Crippen LogP contribution in [0.15, 0.2) is 0 Å². The molecule has 4 N–H and O–H groups in total. The Kier molecular flexibility index (Phi) is 14.4. The van der Waals surface area contributed by atoms with Crippen LogP contribution in [-0.2, 0) is 0 Å². The van der Waals surface area contributed by atoms with Gasteiger partial charge in [-0.25, -0.2) is 0 Å². The normalized spacial score (nSPS) is 14.7. The van der Waals surface area contributed by atoms with Crippen molar-refractivity contribution in [2.75, 3.05) is 24.7 Å². The molecule has 0 aromatic rings. The molecule has 0 aliphatic carbocycles. The van der Waals surface area contributed by atoms with Gasteiger partial charge in [-0.3, -0.25) is 0 Å². The summed E-state index contributed by atoms with van der Waals surface area (Å²) in [5.41, 5.74) is 0. The van der Waals surface area contributed by atoms with E-state index in [1.807, 2.05) is 0 Å². The van der Waals surface area contributed by atoms with Crippen molar-refractivity contribution in [3.8, 4) is 0 Å². The summed E-state index contributed by atoms with van der Waals surface area (Å²) in [6.45, 7) is 0.287. The van der Waals surface area contributed by atoms with Gasteiger partial charge >= 0.3 is 0 Å². The van der Waals surface area contributed by atoms with Crippen LogP contribution in [-0.4, -0.2) is 57.4 Å². The van der Waals surface area contributed by atoms with E-state index in [-0.39, 0.29) is 25.4 Å². The van der Waals surface area contributed by atoms with Crippen LogP contribution in [0.25, 0.3) is 0 Å². The van der Waals surface area contributed by atoms with Crippen LogP contribution in [0, 0.1) is 0 Å². The lowest BCUT2D eigenvalue weighted by atomic mass is 10.1. The maximum atomic E-state index is 9.52. The minimum atomic E-state index is -0.305. The van der Waals surface area contributed by atoms with Crippen molar-refractivity contribution < 1.29 is 20.4 Å². The highest BCUT2D eigenvalue weighted by molar-refractivity contribution is 8.76. The first-order valence-corrected chi connectivity index (χ1v) is 9.01. The molecule has 2 atom stereocenters. The van der Waals surface area contributed by atoms with Gasteiger partial charge in [-0.2, -0.15) is 0 Å². The van der Waals surface area contributed by atoms with Crippen molar-refractivity contribution in [2.45, 2.75) is 50.7 Å². The number of hydrogen-bond acceptors (Lipinski definition) is 6. The Morgan fingerprint density at radius 2 is 1.06 bits per heavy atom. The van der Waals surface area contributed by atoms with Gasteiger partial charge in [0.1, 0.15) is 0 Å². The lowest BCUT2D eigenvalue weighted by Crippen LogP contribution is -2.09. The molecular weight excluding hydrogens is 272 g/mol. The molecule has 0 radical (unpaired) electrons. The molecule has 0 amide bonds. The molecule has 0 aliphatic rings. The van der Waals surface area contributed by atoms with Gasteiger partial charge in [0.15, 0.2) is 0 Å². The first-order chi connectivity index (χ1) is 8.70. The number of aliphatic hydroxyl groups is 4. The number of rotatable bonds is 13. The summed E-state index contributed by atoms with van der Waals surface area (Å²) in [7, 11) is 3.43. The molecule has 18 heavy (non-hydrogen) atoms. The summed E-state index contributed by atoms with van der Waals surface area (Å²) in [6, 6.07) is 0.